The summed E-state index contributed by atoms with van der Waals surface area (Å²) in [4.78, 5) is 0. The second-order valence-electron chi connectivity index (χ2n) is 4.71. The van der Waals surface area contributed by atoms with E-state index in [1.54, 1.807) is 30.3 Å². The number of hydrogen-bond donors (Lipinski definition) is 1. The fraction of sp³-hybridized carbons (Fsp3) is 0.0625. The molecule has 3 aromatic rings. The van der Waals surface area contributed by atoms with Crippen LogP contribution in [-0.2, 0) is 0 Å². The number of hydrogen-bond acceptors (Lipinski definition) is 3. The third-order valence-corrected chi connectivity index (χ3v) is 3.53. The molecular formula is C16H12ClFN2O. The van der Waals surface area contributed by atoms with Crippen molar-refractivity contribution in [1.29, 1.82) is 0 Å². The first-order chi connectivity index (χ1) is 10.1. The highest BCUT2D eigenvalue weighted by atomic mass is 35.5. The highest BCUT2D eigenvalue weighted by Gasteiger charge is 2.21. The summed E-state index contributed by atoms with van der Waals surface area (Å²) in [6.07, 6.45) is 0. The summed E-state index contributed by atoms with van der Waals surface area (Å²) in [7, 11) is 0. The molecule has 3 rings (SSSR count). The zero-order valence-corrected chi connectivity index (χ0v) is 12.0. The maximum Gasteiger partial charge on any atom is 0.177 e. The average Bonchev–Trinajstić information content (AvgIpc) is 2.81. The van der Waals surface area contributed by atoms with Crippen LogP contribution in [0.2, 0.25) is 5.02 Å². The molecule has 0 bridgehead atoms. The van der Waals surface area contributed by atoms with Gasteiger partial charge in [0.2, 0.25) is 0 Å². The normalized spacial score (nSPS) is 10.8. The molecule has 2 aromatic carbocycles. The van der Waals surface area contributed by atoms with Crippen LogP contribution in [0.1, 0.15) is 5.56 Å². The molecule has 0 aliphatic rings. The van der Waals surface area contributed by atoms with E-state index in [9.17, 15) is 4.39 Å². The van der Waals surface area contributed by atoms with Gasteiger partial charge in [0.1, 0.15) is 5.82 Å². The molecule has 0 fully saturated rings. The third kappa shape index (κ3) is 2.38. The number of benzene rings is 2. The van der Waals surface area contributed by atoms with Crippen LogP contribution in [0.25, 0.3) is 22.5 Å². The predicted octanol–water partition coefficient (Wildman–Crippen LogP) is 4.69. The summed E-state index contributed by atoms with van der Waals surface area (Å²) in [6.45, 7) is 1.89. The van der Waals surface area contributed by atoms with E-state index in [4.69, 9.17) is 21.9 Å². The summed E-state index contributed by atoms with van der Waals surface area (Å²) in [5, 5.41) is 4.40. The van der Waals surface area contributed by atoms with E-state index in [0.717, 1.165) is 11.1 Å². The van der Waals surface area contributed by atoms with Crippen LogP contribution >= 0.6 is 11.6 Å². The summed E-state index contributed by atoms with van der Waals surface area (Å²) in [5.74, 6) is 0.219. The lowest BCUT2D eigenvalue weighted by Crippen LogP contribution is -1.92. The Kier molecular flexibility index (Phi) is 3.39. The van der Waals surface area contributed by atoms with E-state index >= 15 is 0 Å². The topological polar surface area (TPSA) is 52.0 Å². The molecule has 0 radical (unpaired) electrons. The Morgan fingerprint density at radius 3 is 2.62 bits per heavy atom. The van der Waals surface area contributed by atoms with Gasteiger partial charge < -0.3 is 10.3 Å². The lowest BCUT2D eigenvalue weighted by atomic mass is 9.98. The monoisotopic (exact) mass is 302 g/mol. The van der Waals surface area contributed by atoms with Gasteiger partial charge in [-0.15, -0.1) is 0 Å². The third-order valence-electron chi connectivity index (χ3n) is 3.29. The van der Waals surface area contributed by atoms with E-state index in [1.807, 2.05) is 13.0 Å². The lowest BCUT2D eigenvalue weighted by Gasteiger charge is -2.07. The maximum absolute atomic E-state index is 14.0. The van der Waals surface area contributed by atoms with E-state index in [1.165, 1.54) is 6.07 Å². The quantitative estimate of drug-likeness (QED) is 0.747. The number of aromatic nitrogens is 1. The Morgan fingerprint density at radius 1 is 1.14 bits per heavy atom. The van der Waals surface area contributed by atoms with Crippen LogP contribution in [0.4, 0.5) is 10.2 Å². The molecule has 0 saturated heterocycles. The molecule has 1 aromatic heterocycles. The van der Waals surface area contributed by atoms with Crippen molar-refractivity contribution in [3.05, 3.63) is 58.9 Å². The van der Waals surface area contributed by atoms with Crippen LogP contribution in [0.3, 0.4) is 0 Å². The lowest BCUT2D eigenvalue weighted by molar-refractivity contribution is 0.436. The number of nitrogens with two attached hydrogens (primary N) is 1. The molecule has 5 heteroatoms. The molecule has 21 heavy (non-hydrogen) atoms. The zero-order valence-electron chi connectivity index (χ0n) is 11.2. The van der Waals surface area contributed by atoms with E-state index in [2.05, 4.69) is 5.16 Å². The fourth-order valence-corrected chi connectivity index (χ4v) is 2.52. The molecule has 0 amide bonds. The smallest absolute Gasteiger partial charge is 0.177 e. The minimum absolute atomic E-state index is 0.157. The molecular weight excluding hydrogens is 291 g/mol. The molecule has 0 aliphatic heterocycles. The van der Waals surface area contributed by atoms with Gasteiger partial charge >= 0.3 is 0 Å². The first kappa shape index (κ1) is 13.6. The number of rotatable bonds is 2. The van der Waals surface area contributed by atoms with Crippen molar-refractivity contribution in [3.63, 3.8) is 0 Å². The highest BCUT2D eigenvalue weighted by Crippen LogP contribution is 2.39. The molecule has 3 nitrogen and oxygen atoms in total. The molecule has 0 spiro atoms. The predicted molar refractivity (Wildman–Crippen MR) is 81.5 cm³/mol. The molecule has 106 valence electrons. The molecule has 2 N–H and O–H groups in total. The van der Waals surface area contributed by atoms with Crippen molar-refractivity contribution in [2.24, 2.45) is 0 Å². The maximum atomic E-state index is 14.0. The number of halogens is 2. The van der Waals surface area contributed by atoms with Gasteiger partial charge in [0.15, 0.2) is 11.6 Å². The van der Waals surface area contributed by atoms with Crippen LogP contribution in [0, 0.1) is 12.7 Å². The van der Waals surface area contributed by atoms with Crippen molar-refractivity contribution in [3.8, 4) is 22.5 Å². The van der Waals surface area contributed by atoms with Crippen molar-refractivity contribution >= 4 is 17.4 Å². The van der Waals surface area contributed by atoms with Gasteiger partial charge in [-0.1, -0.05) is 35.0 Å². The Bertz CT molecular complexity index is 814. The van der Waals surface area contributed by atoms with Gasteiger partial charge in [-0.25, -0.2) is 4.39 Å². The largest absolute Gasteiger partial charge is 0.380 e. The second kappa shape index (κ2) is 5.22. The van der Waals surface area contributed by atoms with Gasteiger partial charge in [-0.2, -0.15) is 0 Å². The molecule has 0 aliphatic carbocycles. The Hall–Kier alpha value is -2.33. The van der Waals surface area contributed by atoms with Crippen molar-refractivity contribution in [1.82, 2.24) is 5.16 Å². The van der Waals surface area contributed by atoms with Crippen molar-refractivity contribution < 1.29 is 8.91 Å². The second-order valence-corrected chi connectivity index (χ2v) is 5.15. The first-order valence-corrected chi connectivity index (χ1v) is 6.72. The van der Waals surface area contributed by atoms with Gasteiger partial charge in [0.25, 0.3) is 0 Å². The number of anilines is 1. The number of nitrogens with zero attached hydrogens (tertiary/aromatic N) is 1. The average molecular weight is 303 g/mol. The molecule has 0 saturated carbocycles. The molecule has 1 heterocycles. The molecule has 0 atom stereocenters. The minimum Gasteiger partial charge on any atom is -0.380 e. The zero-order chi connectivity index (χ0) is 15.0. The van der Waals surface area contributed by atoms with Crippen LogP contribution < -0.4 is 5.73 Å². The Morgan fingerprint density at radius 2 is 1.90 bits per heavy atom. The standard InChI is InChI=1S/C16H12ClFN2O/c1-9-8-10(17)6-7-11(9)15-14(16(19)20-21-15)12-4-2-3-5-13(12)18/h2-8H,1H3,(H2,19,20). The number of nitrogen functional groups attached to an aromatic ring is 1. The van der Waals surface area contributed by atoms with Crippen LogP contribution in [0.5, 0.6) is 0 Å². The Balaban J connectivity index is 2.25. The summed E-state index contributed by atoms with van der Waals surface area (Å²) >= 11 is 5.96. The van der Waals surface area contributed by atoms with E-state index < -0.39 is 0 Å². The van der Waals surface area contributed by atoms with Crippen LogP contribution in [-0.4, -0.2) is 5.16 Å². The van der Waals surface area contributed by atoms with Gasteiger partial charge in [-0.3, -0.25) is 0 Å². The van der Waals surface area contributed by atoms with Crippen molar-refractivity contribution in [2.45, 2.75) is 6.92 Å². The Labute approximate surface area is 126 Å². The summed E-state index contributed by atoms with van der Waals surface area (Å²) < 4.78 is 19.4. The SMILES string of the molecule is Cc1cc(Cl)ccc1-c1onc(N)c1-c1ccccc1F. The van der Waals surface area contributed by atoms with Gasteiger partial charge in [-0.05, 0) is 36.8 Å². The van der Waals surface area contributed by atoms with Gasteiger partial charge in [0.05, 0.1) is 5.56 Å². The highest BCUT2D eigenvalue weighted by molar-refractivity contribution is 6.30. The van der Waals surface area contributed by atoms with E-state index in [0.29, 0.717) is 21.9 Å². The van der Waals surface area contributed by atoms with Crippen molar-refractivity contribution in [2.75, 3.05) is 5.73 Å². The summed E-state index contributed by atoms with van der Waals surface area (Å²) in [5.41, 5.74) is 8.36. The first-order valence-electron chi connectivity index (χ1n) is 6.34. The fourth-order valence-electron chi connectivity index (χ4n) is 2.29. The summed E-state index contributed by atoms with van der Waals surface area (Å²) in [6, 6.07) is 11.7. The number of aryl methyl sites for hydroxylation is 1. The van der Waals surface area contributed by atoms with Gasteiger partial charge in [0, 0.05) is 16.1 Å². The van der Waals surface area contributed by atoms with E-state index in [-0.39, 0.29) is 11.6 Å². The van der Waals surface area contributed by atoms with Crippen LogP contribution in [0.15, 0.2) is 47.0 Å². The molecule has 0 unspecified atom stereocenters. The minimum atomic E-state index is -0.375.